The van der Waals surface area contributed by atoms with Gasteiger partial charge in [0, 0.05) is 19.3 Å². The molecule has 0 bridgehead atoms. The molecule has 0 aliphatic heterocycles. The van der Waals surface area contributed by atoms with Crippen molar-refractivity contribution in [1.82, 2.24) is 9.97 Å². The first kappa shape index (κ1) is 14.7. The average molecular weight is 250 g/mol. The van der Waals surface area contributed by atoms with E-state index in [9.17, 15) is 0 Å². The van der Waals surface area contributed by atoms with Crippen molar-refractivity contribution in [2.45, 2.75) is 41.0 Å². The normalized spacial score (nSPS) is 13.2. The SMILES string of the molecule is CCCNc1nccc(NCC(C)C(C)(C)C)n1. The van der Waals surface area contributed by atoms with Crippen molar-refractivity contribution in [2.24, 2.45) is 11.3 Å². The number of nitrogens with one attached hydrogen (secondary N) is 2. The minimum atomic E-state index is 0.309. The van der Waals surface area contributed by atoms with Gasteiger partial charge in [-0.1, -0.05) is 34.6 Å². The molecule has 102 valence electrons. The number of hydrogen-bond donors (Lipinski definition) is 2. The highest BCUT2D eigenvalue weighted by Gasteiger charge is 2.19. The predicted octanol–water partition coefficient (Wildman–Crippen LogP) is 3.39. The van der Waals surface area contributed by atoms with Crippen LogP contribution < -0.4 is 10.6 Å². The van der Waals surface area contributed by atoms with Crippen LogP contribution in [0.3, 0.4) is 0 Å². The summed E-state index contributed by atoms with van der Waals surface area (Å²) in [6.45, 7) is 13.0. The van der Waals surface area contributed by atoms with E-state index in [1.165, 1.54) is 0 Å². The van der Waals surface area contributed by atoms with Gasteiger partial charge in [0.1, 0.15) is 5.82 Å². The van der Waals surface area contributed by atoms with E-state index in [1.807, 2.05) is 6.07 Å². The van der Waals surface area contributed by atoms with Crippen LogP contribution in [-0.4, -0.2) is 23.1 Å². The molecule has 0 amide bonds. The van der Waals surface area contributed by atoms with Gasteiger partial charge in [0.15, 0.2) is 0 Å². The van der Waals surface area contributed by atoms with Crippen molar-refractivity contribution < 1.29 is 0 Å². The lowest BCUT2D eigenvalue weighted by Gasteiger charge is -2.27. The van der Waals surface area contributed by atoms with Gasteiger partial charge in [-0.2, -0.15) is 4.98 Å². The zero-order chi connectivity index (χ0) is 13.6. The van der Waals surface area contributed by atoms with Gasteiger partial charge in [0.05, 0.1) is 0 Å². The summed E-state index contributed by atoms with van der Waals surface area (Å²) in [5, 5.41) is 6.57. The monoisotopic (exact) mass is 250 g/mol. The molecule has 0 aliphatic rings. The third kappa shape index (κ3) is 4.90. The maximum atomic E-state index is 4.43. The van der Waals surface area contributed by atoms with E-state index in [2.05, 4.69) is 55.2 Å². The molecular formula is C14H26N4. The van der Waals surface area contributed by atoms with E-state index in [4.69, 9.17) is 0 Å². The molecule has 1 aromatic heterocycles. The van der Waals surface area contributed by atoms with Gasteiger partial charge >= 0.3 is 0 Å². The fraction of sp³-hybridized carbons (Fsp3) is 0.714. The molecule has 1 unspecified atom stereocenters. The van der Waals surface area contributed by atoms with Crippen LogP contribution >= 0.6 is 0 Å². The second kappa shape index (κ2) is 6.57. The molecule has 0 fully saturated rings. The lowest BCUT2D eigenvalue weighted by molar-refractivity contribution is 0.274. The number of nitrogens with zero attached hydrogens (tertiary/aromatic N) is 2. The van der Waals surface area contributed by atoms with Crippen LogP contribution in [0.25, 0.3) is 0 Å². The molecule has 0 aliphatic carbocycles. The molecule has 2 N–H and O–H groups in total. The lowest BCUT2D eigenvalue weighted by atomic mass is 9.82. The third-order valence-electron chi connectivity index (χ3n) is 3.26. The quantitative estimate of drug-likeness (QED) is 0.812. The van der Waals surface area contributed by atoms with Crippen molar-refractivity contribution >= 4 is 11.8 Å². The summed E-state index contributed by atoms with van der Waals surface area (Å²) in [5.41, 5.74) is 0.309. The van der Waals surface area contributed by atoms with E-state index in [0.717, 1.165) is 25.3 Å². The predicted molar refractivity (Wildman–Crippen MR) is 77.9 cm³/mol. The second-order valence-electron chi connectivity index (χ2n) is 5.84. The Bertz CT molecular complexity index is 357. The van der Waals surface area contributed by atoms with Crippen molar-refractivity contribution in [3.05, 3.63) is 12.3 Å². The Kier molecular flexibility index (Phi) is 5.38. The topological polar surface area (TPSA) is 49.8 Å². The third-order valence-corrected chi connectivity index (χ3v) is 3.26. The summed E-state index contributed by atoms with van der Waals surface area (Å²) in [5.74, 6) is 2.17. The van der Waals surface area contributed by atoms with Gasteiger partial charge in [-0.05, 0) is 23.8 Å². The van der Waals surface area contributed by atoms with Crippen molar-refractivity contribution in [1.29, 1.82) is 0 Å². The Balaban J connectivity index is 2.52. The van der Waals surface area contributed by atoms with E-state index >= 15 is 0 Å². The molecule has 1 rings (SSSR count). The van der Waals surface area contributed by atoms with Crippen LogP contribution in [0.2, 0.25) is 0 Å². The molecular weight excluding hydrogens is 224 g/mol. The highest BCUT2D eigenvalue weighted by molar-refractivity contribution is 5.39. The van der Waals surface area contributed by atoms with Crippen LogP contribution in [0.1, 0.15) is 41.0 Å². The Morgan fingerprint density at radius 2 is 2.00 bits per heavy atom. The number of hydrogen-bond acceptors (Lipinski definition) is 4. The van der Waals surface area contributed by atoms with Crippen LogP contribution in [0.15, 0.2) is 12.3 Å². The van der Waals surface area contributed by atoms with Gasteiger partial charge in [-0.3, -0.25) is 0 Å². The van der Waals surface area contributed by atoms with Crippen LogP contribution in [0.5, 0.6) is 0 Å². The molecule has 1 atom stereocenters. The number of rotatable bonds is 6. The summed E-state index contributed by atoms with van der Waals surface area (Å²) in [7, 11) is 0. The van der Waals surface area contributed by atoms with Gasteiger partial charge < -0.3 is 10.6 Å². The summed E-state index contributed by atoms with van der Waals surface area (Å²) in [6.07, 6.45) is 2.86. The van der Waals surface area contributed by atoms with Crippen LogP contribution in [-0.2, 0) is 0 Å². The Labute approximate surface area is 111 Å². The summed E-state index contributed by atoms with van der Waals surface area (Å²) in [4.78, 5) is 8.62. The van der Waals surface area contributed by atoms with E-state index in [1.54, 1.807) is 6.20 Å². The molecule has 0 aromatic carbocycles. The largest absolute Gasteiger partial charge is 0.370 e. The van der Waals surface area contributed by atoms with E-state index in [0.29, 0.717) is 17.3 Å². The summed E-state index contributed by atoms with van der Waals surface area (Å²) in [6, 6.07) is 1.91. The first-order valence-electron chi connectivity index (χ1n) is 6.74. The fourth-order valence-electron chi connectivity index (χ4n) is 1.34. The van der Waals surface area contributed by atoms with Gasteiger partial charge in [-0.15, -0.1) is 0 Å². The van der Waals surface area contributed by atoms with E-state index < -0.39 is 0 Å². The average Bonchev–Trinajstić information content (AvgIpc) is 2.32. The van der Waals surface area contributed by atoms with Crippen LogP contribution in [0.4, 0.5) is 11.8 Å². The molecule has 0 radical (unpaired) electrons. The molecule has 18 heavy (non-hydrogen) atoms. The highest BCUT2D eigenvalue weighted by atomic mass is 15.1. The Morgan fingerprint density at radius 1 is 1.28 bits per heavy atom. The molecule has 4 heteroatoms. The Morgan fingerprint density at radius 3 is 2.61 bits per heavy atom. The summed E-state index contributed by atoms with van der Waals surface area (Å²) >= 11 is 0. The van der Waals surface area contributed by atoms with Gasteiger partial charge in [-0.25, -0.2) is 4.98 Å². The fourth-order valence-corrected chi connectivity index (χ4v) is 1.34. The second-order valence-corrected chi connectivity index (χ2v) is 5.84. The van der Waals surface area contributed by atoms with Crippen molar-refractivity contribution in [3.8, 4) is 0 Å². The zero-order valence-corrected chi connectivity index (χ0v) is 12.2. The lowest BCUT2D eigenvalue weighted by Crippen LogP contribution is -2.25. The molecule has 1 aromatic rings. The van der Waals surface area contributed by atoms with Crippen molar-refractivity contribution in [2.75, 3.05) is 23.7 Å². The minimum Gasteiger partial charge on any atom is -0.370 e. The molecule has 4 nitrogen and oxygen atoms in total. The molecule has 1 heterocycles. The van der Waals surface area contributed by atoms with Crippen molar-refractivity contribution in [3.63, 3.8) is 0 Å². The Hall–Kier alpha value is -1.32. The maximum Gasteiger partial charge on any atom is 0.224 e. The number of aromatic nitrogens is 2. The smallest absolute Gasteiger partial charge is 0.224 e. The van der Waals surface area contributed by atoms with E-state index in [-0.39, 0.29) is 0 Å². The zero-order valence-electron chi connectivity index (χ0n) is 12.2. The summed E-state index contributed by atoms with van der Waals surface area (Å²) < 4.78 is 0. The first-order valence-corrected chi connectivity index (χ1v) is 6.74. The highest BCUT2D eigenvalue weighted by Crippen LogP contribution is 2.25. The maximum absolute atomic E-state index is 4.43. The standard InChI is InChI=1S/C14H26N4/c1-6-8-15-13-16-9-7-12(18-13)17-10-11(2)14(3,4)5/h7,9,11H,6,8,10H2,1-5H3,(H2,15,16,17,18). The first-order chi connectivity index (χ1) is 8.43. The van der Waals surface area contributed by atoms with Gasteiger partial charge in [0.2, 0.25) is 5.95 Å². The van der Waals surface area contributed by atoms with Crippen LogP contribution in [0, 0.1) is 11.3 Å². The molecule has 0 spiro atoms. The number of anilines is 2. The molecule has 0 saturated heterocycles. The molecule has 0 saturated carbocycles. The van der Waals surface area contributed by atoms with Gasteiger partial charge in [0.25, 0.3) is 0 Å². The minimum absolute atomic E-state index is 0.309.